The van der Waals surface area contributed by atoms with Crippen LogP contribution in [0.2, 0.25) is 0 Å². The summed E-state index contributed by atoms with van der Waals surface area (Å²) in [6, 6.07) is 12.0. The molecule has 1 aliphatic rings. The molecule has 4 nitrogen and oxygen atoms in total. The highest BCUT2D eigenvalue weighted by Crippen LogP contribution is 2.33. The van der Waals surface area contributed by atoms with Crippen LogP contribution < -0.4 is 10.6 Å². The van der Waals surface area contributed by atoms with Crippen molar-refractivity contribution in [2.75, 3.05) is 18.4 Å². The average molecular weight is 281 g/mol. The van der Waals surface area contributed by atoms with Gasteiger partial charge in [-0.1, -0.05) is 24.3 Å². The molecule has 21 heavy (non-hydrogen) atoms. The zero-order valence-corrected chi connectivity index (χ0v) is 12.1. The van der Waals surface area contributed by atoms with Crippen molar-refractivity contribution in [3.8, 4) is 0 Å². The van der Waals surface area contributed by atoms with Crippen LogP contribution in [0.25, 0.3) is 0 Å². The number of rotatable bonds is 5. The van der Waals surface area contributed by atoms with Gasteiger partial charge in [0.2, 0.25) is 0 Å². The first-order chi connectivity index (χ1) is 10.3. The van der Waals surface area contributed by atoms with E-state index in [2.05, 4.69) is 33.8 Å². The van der Waals surface area contributed by atoms with Crippen molar-refractivity contribution >= 4 is 11.6 Å². The number of pyridine rings is 1. The van der Waals surface area contributed by atoms with Crippen LogP contribution in [0.1, 0.15) is 34.5 Å². The van der Waals surface area contributed by atoms with Gasteiger partial charge in [-0.15, -0.1) is 0 Å². The van der Waals surface area contributed by atoms with Gasteiger partial charge in [0.25, 0.3) is 5.91 Å². The fourth-order valence-corrected chi connectivity index (χ4v) is 2.72. The Balaban J connectivity index is 1.59. The van der Waals surface area contributed by atoms with Gasteiger partial charge >= 0.3 is 0 Å². The Bertz CT molecular complexity index is 654. The van der Waals surface area contributed by atoms with E-state index in [1.54, 1.807) is 12.3 Å². The molecule has 0 radical (unpaired) electrons. The number of aromatic nitrogens is 1. The molecular formula is C17H19N3O. The topological polar surface area (TPSA) is 54.0 Å². The Hall–Kier alpha value is -2.36. The number of nitrogens with zero attached hydrogens (tertiary/aromatic N) is 1. The standard InChI is InChI=1S/C17H19N3O/c1-2-18-14-7-8-19-16(10-14)17(21)20-11-13-9-12-5-3-4-6-15(12)13/h3-8,10,13H,2,9,11H2,1H3,(H,18,19)(H,20,21). The lowest BCUT2D eigenvalue weighted by molar-refractivity contribution is 0.0945. The Morgan fingerprint density at radius 2 is 2.19 bits per heavy atom. The van der Waals surface area contributed by atoms with Gasteiger partial charge < -0.3 is 10.6 Å². The summed E-state index contributed by atoms with van der Waals surface area (Å²) in [6.07, 6.45) is 2.70. The first-order valence-corrected chi connectivity index (χ1v) is 7.34. The fourth-order valence-electron chi connectivity index (χ4n) is 2.72. The van der Waals surface area contributed by atoms with E-state index in [0.29, 0.717) is 18.2 Å². The van der Waals surface area contributed by atoms with Crippen LogP contribution in [0, 0.1) is 0 Å². The van der Waals surface area contributed by atoms with Crippen LogP contribution in [0.15, 0.2) is 42.6 Å². The largest absolute Gasteiger partial charge is 0.385 e. The molecule has 1 heterocycles. The second-order valence-electron chi connectivity index (χ2n) is 5.27. The highest BCUT2D eigenvalue weighted by atomic mass is 16.1. The molecule has 0 bridgehead atoms. The molecule has 1 unspecified atom stereocenters. The predicted octanol–water partition coefficient (Wildman–Crippen LogP) is 2.58. The molecule has 0 saturated carbocycles. The Labute approximate surface area is 124 Å². The summed E-state index contributed by atoms with van der Waals surface area (Å²) < 4.78 is 0. The predicted molar refractivity (Wildman–Crippen MR) is 83.6 cm³/mol. The zero-order valence-electron chi connectivity index (χ0n) is 12.1. The van der Waals surface area contributed by atoms with E-state index in [9.17, 15) is 4.79 Å². The van der Waals surface area contributed by atoms with E-state index in [1.165, 1.54) is 11.1 Å². The van der Waals surface area contributed by atoms with Crippen molar-refractivity contribution < 1.29 is 4.79 Å². The van der Waals surface area contributed by atoms with Crippen molar-refractivity contribution in [3.05, 3.63) is 59.4 Å². The first-order valence-electron chi connectivity index (χ1n) is 7.34. The molecule has 1 aromatic heterocycles. The molecule has 0 spiro atoms. The maximum atomic E-state index is 12.2. The number of carbonyl (C=O) groups excluding carboxylic acids is 1. The minimum atomic E-state index is -0.112. The fraction of sp³-hybridized carbons (Fsp3) is 0.294. The van der Waals surface area contributed by atoms with Crippen molar-refractivity contribution in [2.45, 2.75) is 19.3 Å². The zero-order chi connectivity index (χ0) is 14.7. The molecule has 1 aromatic carbocycles. The van der Waals surface area contributed by atoms with Crippen LogP contribution in [0.3, 0.4) is 0 Å². The van der Waals surface area contributed by atoms with Crippen molar-refractivity contribution in [2.24, 2.45) is 0 Å². The van der Waals surface area contributed by atoms with Crippen LogP contribution in [-0.2, 0) is 6.42 Å². The van der Waals surface area contributed by atoms with Gasteiger partial charge in [0.1, 0.15) is 5.69 Å². The third kappa shape index (κ3) is 2.89. The molecule has 1 amide bonds. The van der Waals surface area contributed by atoms with Crippen LogP contribution in [0.4, 0.5) is 5.69 Å². The molecule has 4 heteroatoms. The van der Waals surface area contributed by atoms with Crippen LogP contribution in [-0.4, -0.2) is 24.0 Å². The van der Waals surface area contributed by atoms with E-state index >= 15 is 0 Å². The molecule has 108 valence electrons. The molecule has 0 aliphatic heterocycles. The van der Waals surface area contributed by atoms with Crippen molar-refractivity contribution in [1.29, 1.82) is 0 Å². The second kappa shape index (κ2) is 5.95. The number of fused-ring (bicyclic) bond motifs is 1. The molecule has 0 saturated heterocycles. The van der Waals surface area contributed by atoms with Gasteiger partial charge in [-0.25, -0.2) is 0 Å². The van der Waals surface area contributed by atoms with Crippen LogP contribution in [0.5, 0.6) is 0 Å². The first kappa shape index (κ1) is 13.6. The Kier molecular flexibility index (Phi) is 3.86. The molecule has 1 aliphatic carbocycles. The third-order valence-electron chi connectivity index (χ3n) is 3.84. The lowest BCUT2D eigenvalue weighted by Crippen LogP contribution is -2.33. The van der Waals surface area contributed by atoms with Crippen molar-refractivity contribution in [3.63, 3.8) is 0 Å². The summed E-state index contributed by atoms with van der Waals surface area (Å²) in [5.41, 5.74) is 4.13. The summed E-state index contributed by atoms with van der Waals surface area (Å²) >= 11 is 0. The summed E-state index contributed by atoms with van der Waals surface area (Å²) in [4.78, 5) is 16.3. The third-order valence-corrected chi connectivity index (χ3v) is 3.84. The lowest BCUT2D eigenvalue weighted by atomic mass is 9.77. The number of hydrogen-bond acceptors (Lipinski definition) is 3. The normalized spacial score (nSPS) is 15.8. The minimum absolute atomic E-state index is 0.112. The minimum Gasteiger partial charge on any atom is -0.385 e. The van der Waals surface area contributed by atoms with Gasteiger partial charge in [0.05, 0.1) is 0 Å². The van der Waals surface area contributed by atoms with Gasteiger partial charge in [0, 0.05) is 30.9 Å². The van der Waals surface area contributed by atoms with E-state index in [-0.39, 0.29) is 5.91 Å². The molecule has 3 rings (SSSR count). The van der Waals surface area contributed by atoms with Gasteiger partial charge in [-0.2, -0.15) is 0 Å². The molecular weight excluding hydrogens is 262 g/mol. The van der Waals surface area contributed by atoms with E-state index in [4.69, 9.17) is 0 Å². The second-order valence-corrected chi connectivity index (χ2v) is 5.27. The van der Waals surface area contributed by atoms with E-state index in [1.807, 2.05) is 19.1 Å². The summed E-state index contributed by atoms with van der Waals surface area (Å²) in [7, 11) is 0. The molecule has 2 aromatic rings. The number of anilines is 1. The number of hydrogen-bond donors (Lipinski definition) is 2. The highest BCUT2D eigenvalue weighted by Gasteiger charge is 2.25. The number of benzene rings is 1. The van der Waals surface area contributed by atoms with E-state index < -0.39 is 0 Å². The Morgan fingerprint density at radius 1 is 1.33 bits per heavy atom. The SMILES string of the molecule is CCNc1ccnc(C(=O)NCC2Cc3ccccc32)c1. The highest BCUT2D eigenvalue weighted by molar-refractivity contribution is 5.93. The molecule has 1 atom stereocenters. The van der Waals surface area contributed by atoms with Gasteiger partial charge in [-0.3, -0.25) is 9.78 Å². The van der Waals surface area contributed by atoms with Crippen LogP contribution >= 0.6 is 0 Å². The summed E-state index contributed by atoms with van der Waals surface area (Å²) in [5, 5.41) is 6.16. The Morgan fingerprint density at radius 3 is 3.00 bits per heavy atom. The maximum Gasteiger partial charge on any atom is 0.269 e. The maximum absolute atomic E-state index is 12.2. The monoisotopic (exact) mass is 281 g/mol. The quantitative estimate of drug-likeness (QED) is 0.885. The van der Waals surface area contributed by atoms with E-state index in [0.717, 1.165) is 18.7 Å². The summed E-state index contributed by atoms with van der Waals surface area (Å²) in [6.45, 7) is 3.51. The number of carbonyl (C=O) groups is 1. The summed E-state index contributed by atoms with van der Waals surface area (Å²) in [5.74, 6) is 0.321. The van der Waals surface area contributed by atoms with Gasteiger partial charge in [-0.05, 0) is 36.6 Å². The number of amides is 1. The average Bonchev–Trinajstić information content (AvgIpc) is 2.48. The number of nitrogens with one attached hydrogen (secondary N) is 2. The molecule has 2 N–H and O–H groups in total. The smallest absolute Gasteiger partial charge is 0.269 e. The van der Waals surface area contributed by atoms with Crippen molar-refractivity contribution in [1.82, 2.24) is 10.3 Å². The molecule has 0 fully saturated rings. The lowest BCUT2D eigenvalue weighted by Gasteiger charge is -2.30. The van der Waals surface area contributed by atoms with Gasteiger partial charge in [0.15, 0.2) is 0 Å².